The van der Waals surface area contributed by atoms with Gasteiger partial charge in [-0.1, -0.05) is 0 Å². The topological polar surface area (TPSA) is 86.7 Å². The van der Waals surface area contributed by atoms with E-state index < -0.39 is 4.92 Å². The van der Waals surface area contributed by atoms with Gasteiger partial charge in [-0.15, -0.1) is 0 Å². The SMILES string of the molecule is O=[N+]([O-])c1ccc2nc(-n3cncn3)ccc2c1. The van der Waals surface area contributed by atoms with Crippen LogP contribution in [-0.2, 0) is 0 Å². The first-order valence-electron chi connectivity index (χ1n) is 5.14. The van der Waals surface area contributed by atoms with Gasteiger partial charge in [0.15, 0.2) is 5.82 Å². The minimum absolute atomic E-state index is 0.0535. The van der Waals surface area contributed by atoms with Gasteiger partial charge in [0, 0.05) is 17.5 Å². The Hall–Kier alpha value is -2.83. The van der Waals surface area contributed by atoms with Crippen molar-refractivity contribution in [2.45, 2.75) is 0 Å². The fourth-order valence-electron chi connectivity index (χ4n) is 1.67. The molecule has 0 N–H and O–H groups in total. The van der Waals surface area contributed by atoms with E-state index in [0.717, 1.165) is 0 Å². The van der Waals surface area contributed by atoms with E-state index in [2.05, 4.69) is 15.1 Å². The minimum atomic E-state index is -0.426. The van der Waals surface area contributed by atoms with Crippen molar-refractivity contribution in [3.63, 3.8) is 0 Å². The number of nitro groups is 1. The highest BCUT2D eigenvalue weighted by atomic mass is 16.6. The summed E-state index contributed by atoms with van der Waals surface area (Å²) in [6, 6.07) is 8.05. The lowest BCUT2D eigenvalue weighted by molar-refractivity contribution is -0.384. The average Bonchev–Trinajstić information content (AvgIpc) is 2.91. The highest BCUT2D eigenvalue weighted by Crippen LogP contribution is 2.20. The molecule has 3 aromatic rings. The van der Waals surface area contributed by atoms with Crippen LogP contribution in [0, 0.1) is 10.1 Å². The molecule has 0 saturated heterocycles. The van der Waals surface area contributed by atoms with Crippen LogP contribution in [0.1, 0.15) is 0 Å². The zero-order chi connectivity index (χ0) is 12.5. The van der Waals surface area contributed by atoms with Crippen LogP contribution in [0.3, 0.4) is 0 Å². The molecule has 2 aromatic heterocycles. The second-order valence-corrected chi connectivity index (χ2v) is 3.64. The first kappa shape index (κ1) is 10.3. The summed E-state index contributed by atoms with van der Waals surface area (Å²) in [5, 5.41) is 15.4. The number of fused-ring (bicyclic) bond motifs is 1. The van der Waals surface area contributed by atoms with Crippen molar-refractivity contribution in [2.75, 3.05) is 0 Å². The second kappa shape index (κ2) is 3.88. The van der Waals surface area contributed by atoms with Crippen molar-refractivity contribution in [3.05, 3.63) is 53.1 Å². The summed E-state index contributed by atoms with van der Waals surface area (Å²) in [5.74, 6) is 0.619. The first-order chi connectivity index (χ1) is 8.74. The number of benzene rings is 1. The molecule has 0 saturated carbocycles. The van der Waals surface area contributed by atoms with Crippen LogP contribution in [0.4, 0.5) is 5.69 Å². The molecule has 88 valence electrons. The molecule has 0 fully saturated rings. The Balaban J connectivity index is 2.14. The Kier molecular flexibility index (Phi) is 2.23. The molecule has 3 rings (SSSR count). The maximum atomic E-state index is 10.7. The van der Waals surface area contributed by atoms with E-state index in [1.807, 2.05) is 0 Å². The van der Waals surface area contributed by atoms with E-state index in [0.29, 0.717) is 16.7 Å². The molecule has 18 heavy (non-hydrogen) atoms. The van der Waals surface area contributed by atoms with E-state index in [-0.39, 0.29) is 5.69 Å². The molecule has 0 aliphatic rings. The Morgan fingerprint density at radius 2 is 2.11 bits per heavy atom. The normalized spacial score (nSPS) is 10.7. The van der Waals surface area contributed by atoms with Crippen molar-refractivity contribution in [1.29, 1.82) is 0 Å². The maximum Gasteiger partial charge on any atom is 0.270 e. The van der Waals surface area contributed by atoms with Gasteiger partial charge < -0.3 is 0 Å². The predicted octanol–water partition coefficient (Wildman–Crippen LogP) is 1.72. The van der Waals surface area contributed by atoms with Crippen LogP contribution in [0.25, 0.3) is 16.7 Å². The van der Waals surface area contributed by atoms with Gasteiger partial charge in [-0.25, -0.2) is 14.6 Å². The van der Waals surface area contributed by atoms with Crippen LogP contribution in [0.5, 0.6) is 0 Å². The minimum Gasteiger partial charge on any atom is -0.258 e. The Labute approximate surface area is 101 Å². The fraction of sp³-hybridized carbons (Fsp3) is 0. The van der Waals surface area contributed by atoms with Crippen molar-refractivity contribution >= 4 is 16.6 Å². The molecule has 1 aromatic carbocycles. The molecule has 0 atom stereocenters. The summed E-state index contributed by atoms with van der Waals surface area (Å²) in [5.41, 5.74) is 0.728. The quantitative estimate of drug-likeness (QED) is 0.503. The second-order valence-electron chi connectivity index (χ2n) is 3.64. The van der Waals surface area contributed by atoms with Gasteiger partial charge in [0.1, 0.15) is 12.7 Å². The lowest BCUT2D eigenvalue weighted by Gasteiger charge is -2.01. The molecular weight excluding hydrogens is 234 g/mol. The molecule has 0 bridgehead atoms. The number of hydrogen-bond donors (Lipinski definition) is 0. The van der Waals surface area contributed by atoms with Crippen molar-refractivity contribution in [2.24, 2.45) is 0 Å². The largest absolute Gasteiger partial charge is 0.270 e. The van der Waals surface area contributed by atoms with Gasteiger partial charge in [0.05, 0.1) is 10.4 Å². The standard InChI is InChI=1S/C11H7N5O2/c17-16(18)9-2-3-10-8(5-9)1-4-11(14-10)15-7-12-6-13-15/h1-7H. The van der Waals surface area contributed by atoms with E-state index in [9.17, 15) is 10.1 Å². The van der Waals surface area contributed by atoms with E-state index in [1.165, 1.54) is 23.1 Å². The van der Waals surface area contributed by atoms with Crippen LogP contribution < -0.4 is 0 Å². The van der Waals surface area contributed by atoms with E-state index in [1.54, 1.807) is 24.5 Å². The summed E-state index contributed by atoms with van der Waals surface area (Å²) in [6.07, 6.45) is 2.96. The zero-order valence-corrected chi connectivity index (χ0v) is 9.09. The number of hydrogen-bond acceptors (Lipinski definition) is 5. The summed E-state index contributed by atoms with van der Waals surface area (Å²) in [4.78, 5) is 18.4. The summed E-state index contributed by atoms with van der Waals surface area (Å²) in [7, 11) is 0. The third-order valence-corrected chi connectivity index (χ3v) is 2.52. The van der Waals surface area contributed by atoms with Crippen LogP contribution in [0.2, 0.25) is 0 Å². The third kappa shape index (κ3) is 1.67. The number of pyridine rings is 1. The van der Waals surface area contributed by atoms with Gasteiger partial charge in [0.25, 0.3) is 5.69 Å². The molecule has 0 spiro atoms. The monoisotopic (exact) mass is 241 g/mol. The highest BCUT2D eigenvalue weighted by molar-refractivity contribution is 5.81. The van der Waals surface area contributed by atoms with Gasteiger partial charge in [-0.2, -0.15) is 5.10 Å². The molecule has 0 unspecified atom stereocenters. The Morgan fingerprint density at radius 1 is 1.22 bits per heavy atom. The van der Waals surface area contributed by atoms with E-state index >= 15 is 0 Å². The van der Waals surface area contributed by atoms with Crippen LogP contribution >= 0.6 is 0 Å². The number of aromatic nitrogens is 4. The smallest absolute Gasteiger partial charge is 0.258 e. The molecule has 0 aliphatic carbocycles. The zero-order valence-electron chi connectivity index (χ0n) is 9.09. The average molecular weight is 241 g/mol. The predicted molar refractivity (Wildman–Crippen MR) is 63.3 cm³/mol. The Morgan fingerprint density at radius 3 is 2.83 bits per heavy atom. The Bertz CT molecular complexity index is 723. The molecule has 0 radical (unpaired) electrons. The molecule has 2 heterocycles. The summed E-state index contributed by atoms with van der Waals surface area (Å²) < 4.78 is 1.53. The third-order valence-electron chi connectivity index (χ3n) is 2.52. The number of nitrogens with zero attached hydrogens (tertiary/aromatic N) is 5. The molecule has 0 aliphatic heterocycles. The van der Waals surface area contributed by atoms with E-state index in [4.69, 9.17) is 0 Å². The summed E-state index contributed by atoms with van der Waals surface area (Å²) in [6.45, 7) is 0. The lowest BCUT2D eigenvalue weighted by atomic mass is 10.2. The number of non-ortho nitro benzene ring substituents is 1. The van der Waals surface area contributed by atoms with Gasteiger partial charge in [-0.05, 0) is 18.2 Å². The van der Waals surface area contributed by atoms with Crippen molar-refractivity contribution < 1.29 is 4.92 Å². The van der Waals surface area contributed by atoms with Gasteiger partial charge in [0.2, 0.25) is 0 Å². The lowest BCUT2D eigenvalue weighted by Crippen LogP contribution is -1.98. The maximum absolute atomic E-state index is 10.7. The van der Waals surface area contributed by atoms with Crippen LogP contribution in [-0.4, -0.2) is 24.7 Å². The highest BCUT2D eigenvalue weighted by Gasteiger charge is 2.07. The molecular formula is C11H7N5O2. The summed E-state index contributed by atoms with van der Waals surface area (Å²) >= 11 is 0. The van der Waals surface area contributed by atoms with Crippen molar-refractivity contribution in [3.8, 4) is 5.82 Å². The molecule has 7 nitrogen and oxygen atoms in total. The fourth-order valence-corrected chi connectivity index (χ4v) is 1.67. The van der Waals surface area contributed by atoms with Gasteiger partial charge >= 0.3 is 0 Å². The van der Waals surface area contributed by atoms with Crippen molar-refractivity contribution in [1.82, 2.24) is 19.7 Å². The number of nitro benzene ring substituents is 1. The molecule has 0 amide bonds. The van der Waals surface area contributed by atoms with Gasteiger partial charge in [-0.3, -0.25) is 10.1 Å². The first-order valence-corrected chi connectivity index (χ1v) is 5.14. The number of rotatable bonds is 2. The molecule has 7 heteroatoms. The van der Waals surface area contributed by atoms with Crippen LogP contribution in [0.15, 0.2) is 43.0 Å².